The molecule has 0 aliphatic carbocycles. The summed E-state index contributed by atoms with van der Waals surface area (Å²) in [5, 5.41) is 9.03. The van der Waals surface area contributed by atoms with Crippen LogP contribution in [0.25, 0.3) is 20.4 Å². The second-order valence-corrected chi connectivity index (χ2v) is 11.6. The predicted molar refractivity (Wildman–Crippen MR) is 129 cm³/mol. The van der Waals surface area contributed by atoms with Crippen LogP contribution >= 0.6 is 22.7 Å². The number of pyridine rings is 1. The molecule has 5 rings (SSSR count). The Bertz CT molecular complexity index is 1550. The summed E-state index contributed by atoms with van der Waals surface area (Å²) >= 11 is 2.56. The molecule has 1 aliphatic rings. The van der Waals surface area contributed by atoms with Crippen molar-refractivity contribution in [3.05, 3.63) is 41.7 Å². The quantitative estimate of drug-likeness (QED) is 0.324. The van der Waals surface area contributed by atoms with Gasteiger partial charge < -0.3 is 15.7 Å². The normalized spacial score (nSPS) is 16.2. The lowest BCUT2D eigenvalue weighted by molar-refractivity contribution is -0.192. The minimum Gasteiger partial charge on any atom is -0.475 e. The number of sulfonamides is 1. The molecule has 1 fully saturated rings. The third-order valence-electron chi connectivity index (χ3n) is 5.18. The van der Waals surface area contributed by atoms with Gasteiger partial charge in [0, 0.05) is 24.8 Å². The van der Waals surface area contributed by atoms with Crippen molar-refractivity contribution in [3.8, 4) is 0 Å². The molecule has 1 atom stereocenters. The highest BCUT2D eigenvalue weighted by Crippen LogP contribution is 2.30. The van der Waals surface area contributed by atoms with Crippen LogP contribution in [0.2, 0.25) is 0 Å². The molecule has 0 saturated carbocycles. The van der Waals surface area contributed by atoms with E-state index in [-0.39, 0.29) is 10.1 Å². The van der Waals surface area contributed by atoms with Crippen molar-refractivity contribution in [2.45, 2.75) is 29.4 Å². The number of carbonyl (C=O) groups excluding carboxylic acids is 1. The zero-order valence-corrected chi connectivity index (χ0v) is 20.9. The first-order chi connectivity index (χ1) is 17.4. The summed E-state index contributed by atoms with van der Waals surface area (Å²) in [5.74, 6) is -2.60. The Hall–Kier alpha value is -3.41. The number of anilines is 1. The third-order valence-corrected chi connectivity index (χ3v) is 9.26. The van der Waals surface area contributed by atoms with E-state index in [1.54, 1.807) is 17.2 Å². The fourth-order valence-corrected chi connectivity index (χ4v) is 6.96. The van der Waals surface area contributed by atoms with Gasteiger partial charge in [-0.25, -0.2) is 23.2 Å². The number of aliphatic carboxylic acids is 1. The van der Waals surface area contributed by atoms with Gasteiger partial charge >= 0.3 is 12.1 Å². The number of carboxylic acids is 1. The highest BCUT2D eigenvalue weighted by atomic mass is 32.2. The number of nitrogens with one attached hydrogen (secondary N) is 1. The van der Waals surface area contributed by atoms with E-state index in [0.29, 0.717) is 30.8 Å². The Labute approximate surface area is 214 Å². The van der Waals surface area contributed by atoms with Crippen LogP contribution in [0, 0.1) is 0 Å². The molecule has 5 heterocycles. The molecule has 17 heteroatoms. The molecule has 0 aromatic carbocycles. The Morgan fingerprint density at radius 1 is 1.30 bits per heavy atom. The molecule has 37 heavy (non-hydrogen) atoms. The molecule has 1 saturated heterocycles. The van der Waals surface area contributed by atoms with Crippen LogP contribution in [0.4, 0.5) is 19.0 Å². The molecular formula is C20H17F3N6O5S3. The Kier molecular flexibility index (Phi) is 7.31. The number of aromatic nitrogens is 3. The van der Waals surface area contributed by atoms with Gasteiger partial charge in [-0.2, -0.15) is 17.9 Å². The van der Waals surface area contributed by atoms with E-state index in [2.05, 4.69) is 19.7 Å². The molecule has 0 spiro atoms. The van der Waals surface area contributed by atoms with Crippen LogP contribution < -0.4 is 10.5 Å². The largest absolute Gasteiger partial charge is 0.490 e. The van der Waals surface area contributed by atoms with Gasteiger partial charge in [-0.3, -0.25) is 9.78 Å². The first-order valence-corrected chi connectivity index (χ1v) is 13.5. The highest BCUT2D eigenvalue weighted by molar-refractivity contribution is 7.91. The van der Waals surface area contributed by atoms with Gasteiger partial charge in [0.15, 0.2) is 0 Å². The number of thiophene rings is 2. The molecule has 11 nitrogen and oxygen atoms in total. The number of likely N-dealkylation sites (tertiary alicyclic amines) is 1. The average molecular weight is 575 g/mol. The lowest BCUT2D eigenvalue weighted by atomic mass is 10.2. The minimum atomic E-state index is -5.08. The number of alkyl halides is 3. The molecule has 4 N–H and O–H groups in total. The molecular weight excluding hydrogens is 557 g/mol. The van der Waals surface area contributed by atoms with Crippen LogP contribution in [-0.2, 0) is 26.2 Å². The Morgan fingerprint density at radius 2 is 2.03 bits per heavy atom. The van der Waals surface area contributed by atoms with Crippen LogP contribution in [0.3, 0.4) is 0 Å². The number of hydrogen-bond donors (Lipinski definition) is 3. The van der Waals surface area contributed by atoms with Crippen molar-refractivity contribution in [3.63, 3.8) is 0 Å². The van der Waals surface area contributed by atoms with Gasteiger partial charge in [0.25, 0.3) is 10.0 Å². The first-order valence-electron chi connectivity index (χ1n) is 10.3. The number of halogens is 3. The maximum Gasteiger partial charge on any atom is 0.490 e. The molecule has 4 aromatic heterocycles. The number of fused-ring (bicyclic) bond motifs is 2. The molecule has 0 bridgehead atoms. The van der Waals surface area contributed by atoms with E-state index < -0.39 is 28.2 Å². The van der Waals surface area contributed by atoms with Crippen molar-refractivity contribution < 1.29 is 36.3 Å². The molecule has 0 radical (unpaired) electrons. The van der Waals surface area contributed by atoms with Crippen LogP contribution in [0.5, 0.6) is 0 Å². The standard InChI is InChI=1S/C18H16N6O3S3.C2HF3O2/c19-17-16-15(21-9-22-17)10(8-28-16)7-24-5-3-11(18(24)25)23-30(26,27)14-6-12-13(29-14)2-1-4-20-12;3-2(4,5)1(6)7/h1-2,4,6,8-9,11,23H,3,5,7H2,(H2,19,21,22);(H,6,7)/t11-;/m0./s1. The van der Waals surface area contributed by atoms with Crippen LogP contribution in [0.1, 0.15) is 12.0 Å². The summed E-state index contributed by atoms with van der Waals surface area (Å²) in [5.41, 5.74) is 8.09. The summed E-state index contributed by atoms with van der Waals surface area (Å²) in [6.07, 6.45) is -1.67. The summed E-state index contributed by atoms with van der Waals surface area (Å²) in [7, 11) is -3.82. The van der Waals surface area contributed by atoms with Gasteiger partial charge in [0.2, 0.25) is 5.91 Å². The number of carboxylic acid groups (broad SMARTS) is 1. The van der Waals surface area contributed by atoms with Crippen molar-refractivity contribution in [1.82, 2.24) is 24.6 Å². The Morgan fingerprint density at radius 3 is 2.70 bits per heavy atom. The van der Waals surface area contributed by atoms with Gasteiger partial charge in [-0.1, -0.05) is 0 Å². The number of nitrogens with two attached hydrogens (primary N) is 1. The summed E-state index contributed by atoms with van der Waals surface area (Å²) in [6.45, 7) is 0.804. The molecule has 1 amide bonds. The molecule has 0 unspecified atom stereocenters. The van der Waals surface area contributed by atoms with E-state index >= 15 is 0 Å². The zero-order chi connectivity index (χ0) is 27.0. The minimum absolute atomic E-state index is 0.151. The van der Waals surface area contributed by atoms with Gasteiger partial charge in [0.1, 0.15) is 22.4 Å². The maximum absolute atomic E-state index is 12.9. The number of amides is 1. The number of carbonyl (C=O) groups is 2. The van der Waals surface area contributed by atoms with E-state index in [9.17, 15) is 26.4 Å². The van der Waals surface area contributed by atoms with Crippen LogP contribution in [-0.4, -0.2) is 64.0 Å². The fourth-order valence-electron chi connectivity index (χ4n) is 3.47. The topological polar surface area (TPSA) is 168 Å². The SMILES string of the molecule is Nc1ncnc2c(CN3CC[C@H](NS(=O)(=O)c4cc5ncccc5s4)C3=O)csc12.O=C(O)C(F)(F)F. The number of hydrogen-bond acceptors (Lipinski definition) is 10. The van der Waals surface area contributed by atoms with Crippen molar-refractivity contribution in [2.75, 3.05) is 12.3 Å². The maximum atomic E-state index is 12.9. The molecule has 4 aromatic rings. The Balaban J connectivity index is 0.000000405. The predicted octanol–water partition coefficient (Wildman–Crippen LogP) is 2.60. The van der Waals surface area contributed by atoms with Gasteiger partial charge in [-0.15, -0.1) is 22.7 Å². The fraction of sp³-hybridized carbons (Fsp3) is 0.250. The van der Waals surface area contributed by atoms with Gasteiger partial charge in [0.05, 0.1) is 20.4 Å². The summed E-state index contributed by atoms with van der Waals surface area (Å²) in [6, 6.07) is 4.31. The van der Waals surface area contributed by atoms with E-state index in [1.807, 2.05) is 11.4 Å². The second kappa shape index (κ2) is 10.2. The first kappa shape index (κ1) is 26.6. The molecule has 1 aliphatic heterocycles. The van der Waals surface area contributed by atoms with E-state index in [0.717, 1.165) is 31.8 Å². The lowest BCUT2D eigenvalue weighted by Crippen LogP contribution is -2.41. The summed E-state index contributed by atoms with van der Waals surface area (Å²) < 4.78 is 61.6. The molecule has 196 valence electrons. The average Bonchev–Trinajstić information content (AvgIpc) is 3.53. The van der Waals surface area contributed by atoms with E-state index in [1.165, 1.54) is 23.7 Å². The number of rotatable bonds is 5. The summed E-state index contributed by atoms with van der Waals surface area (Å²) in [4.78, 5) is 35.8. The smallest absolute Gasteiger partial charge is 0.475 e. The zero-order valence-electron chi connectivity index (χ0n) is 18.5. The van der Waals surface area contributed by atoms with Crippen molar-refractivity contribution in [2.24, 2.45) is 0 Å². The number of nitrogen functional groups attached to an aromatic ring is 1. The second-order valence-electron chi connectivity index (χ2n) is 7.68. The van der Waals surface area contributed by atoms with Crippen molar-refractivity contribution >= 4 is 70.8 Å². The number of nitrogens with zero attached hydrogens (tertiary/aromatic N) is 4. The van der Waals surface area contributed by atoms with E-state index in [4.69, 9.17) is 15.6 Å². The van der Waals surface area contributed by atoms with Gasteiger partial charge in [-0.05, 0) is 30.0 Å². The van der Waals surface area contributed by atoms with Crippen LogP contribution in [0.15, 0.2) is 40.3 Å². The highest BCUT2D eigenvalue weighted by Gasteiger charge is 2.38. The van der Waals surface area contributed by atoms with Crippen molar-refractivity contribution in [1.29, 1.82) is 0 Å². The monoisotopic (exact) mass is 574 g/mol. The lowest BCUT2D eigenvalue weighted by Gasteiger charge is -2.16. The third kappa shape index (κ3) is 5.79.